The first-order chi connectivity index (χ1) is 16.5. The standard InChI is InChI=1S/C27H28N2O5/c1-3-4-17-32-23-13-15-24(16-14-23)33-19-26(30)29-28-18-21-7-11-25(12-8-21)34-27(31)22-9-5-20(2)6-10-22/h5-16,18H,3-4,17,19H2,1-2H3,(H,29,30)/b28-18+. The highest BCUT2D eigenvalue weighted by Gasteiger charge is 2.08. The topological polar surface area (TPSA) is 86.2 Å². The molecular formula is C27H28N2O5. The van der Waals surface area contributed by atoms with Gasteiger partial charge in [-0.05, 0) is 79.6 Å². The highest BCUT2D eigenvalue weighted by atomic mass is 16.5. The van der Waals surface area contributed by atoms with E-state index >= 15 is 0 Å². The zero-order chi connectivity index (χ0) is 24.2. The molecule has 0 unspecified atom stereocenters. The molecule has 3 aromatic carbocycles. The predicted octanol–water partition coefficient (Wildman–Crippen LogP) is 4.92. The Balaban J connectivity index is 1.40. The van der Waals surface area contributed by atoms with E-state index < -0.39 is 5.97 Å². The molecule has 0 saturated carbocycles. The van der Waals surface area contributed by atoms with E-state index in [4.69, 9.17) is 14.2 Å². The molecule has 1 amide bonds. The maximum Gasteiger partial charge on any atom is 0.343 e. The summed E-state index contributed by atoms with van der Waals surface area (Å²) < 4.78 is 16.4. The first kappa shape index (κ1) is 24.5. The van der Waals surface area contributed by atoms with Gasteiger partial charge in [0.1, 0.15) is 17.2 Å². The number of rotatable bonds is 11. The Morgan fingerprint density at radius 2 is 1.47 bits per heavy atom. The van der Waals surface area contributed by atoms with Crippen molar-refractivity contribution in [1.82, 2.24) is 5.43 Å². The molecule has 34 heavy (non-hydrogen) atoms. The van der Waals surface area contributed by atoms with Gasteiger partial charge in [0.15, 0.2) is 6.61 Å². The van der Waals surface area contributed by atoms with Crippen LogP contribution in [0, 0.1) is 6.92 Å². The van der Waals surface area contributed by atoms with E-state index in [0.29, 0.717) is 23.7 Å². The van der Waals surface area contributed by atoms with Crippen molar-refractivity contribution in [3.63, 3.8) is 0 Å². The number of hydrogen-bond donors (Lipinski definition) is 1. The van der Waals surface area contributed by atoms with E-state index in [0.717, 1.165) is 29.7 Å². The molecule has 0 saturated heterocycles. The van der Waals surface area contributed by atoms with Crippen molar-refractivity contribution in [2.45, 2.75) is 26.7 Å². The summed E-state index contributed by atoms with van der Waals surface area (Å²) in [7, 11) is 0. The largest absolute Gasteiger partial charge is 0.494 e. The van der Waals surface area contributed by atoms with Crippen LogP contribution in [-0.4, -0.2) is 31.3 Å². The number of carbonyl (C=O) groups excluding carboxylic acids is 2. The average molecular weight is 461 g/mol. The second kappa shape index (κ2) is 12.8. The zero-order valence-corrected chi connectivity index (χ0v) is 19.3. The summed E-state index contributed by atoms with van der Waals surface area (Å²) in [6, 6.07) is 21.1. The number of hydrogen-bond acceptors (Lipinski definition) is 6. The molecule has 1 N–H and O–H groups in total. The summed E-state index contributed by atoms with van der Waals surface area (Å²) in [5.74, 6) is 0.945. The number of nitrogens with one attached hydrogen (secondary N) is 1. The van der Waals surface area contributed by atoms with Gasteiger partial charge in [-0.1, -0.05) is 31.0 Å². The van der Waals surface area contributed by atoms with Crippen molar-refractivity contribution >= 4 is 18.1 Å². The number of hydrazone groups is 1. The Labute approximate surface area is 199 Å². The molecule has 3 aromatic rings. The number of benzene rings is 3. The van der Waals surface area contributed by atoms with Crippen molar-refractivity contribution in [2.24, 2.45) is 5.10 Å². The normalized spacial score (nSPS) is 10.6. The van der Waals surface area contributed by atoms with Crippen LogP contribution in [0.4, 0.5) is 0 Å². The Hall–Kier alpha value is -4.13. The van der Waals surface area contributed by atoms with Crippen LogP contribution in [0.25, 0.3) is 0 Å². The minimum absolute atomic E-state index is 0.165. The van der Waals surface area contributed by atoms with Crippen molar-refractivity contribution in [2.75, 3.05) is 13.2 Å². The summed E-state index contributed by atoms with van der Waals surface area (Å²) in [5.41, 5.74) is 4.70. The summed E-state index contributed by atoms with van der Waals surface area (Å²) >= 11 is 0. The SMILES string of the molecule is CCCCOc1ccc(OCC(=O)N/N=C/c2ccc(OC(=O)c3ccc(C)cc3)cc2)cc1. The molecule has 0 aliphatic heterocycles. The lowest BCUT2D eigenvalue weighted by Crippen LogP contribution is -2.24. The van der Waals surface area contributed by atoms with E-state index in [1.807, 2.05) is 31.2 Å². The summed E-state index contributed by atoms with van der Waals surface area (Å²) in [4.78, 5) is 24.1. The fourth-order valence-corrected chi connectivity index (χ4v) is 2.80. The van der Waals surface area contributed by atoms with Crippen LogP contribution in [0.1, 0.15) is 41.3 Å². The van der Waals surface area contributed by atoms with Crippen LogP contribution < -0.4 is 19.6 Å². The quantitative estimate of drug-likeness (QED) is 0.144. The molecule has 0 aromatic heterocycles. The molecule has 176 valence electrons. The highest BCUT2D eigenvalue weighted by molar-refractivity contribution is 5.91. The van der Waals surface area contributed by atoms with Crippen molar-refractivity contribution in [3.05, 3.63) is 89.5 Å². The number of nitrogens with zero attached hydrogens (tertiary/aromatic N) is 1. The van der Waals surface area contributed by atoms with Crippen LogP contribution in [0.5, 0.6) is 17.2 Å². The maximum atomic E-state index is 12.2. The van der Waals surface area contributed by atoms with E-state index in [2.05, 4.69) is 17.5 Å². The van der Waals surface area contributed by atoms with Gasteiger partial charge in [-0.3, -0.25) is 4.79 Å². The average Bonchev–Trinajstić information content (AvgIpc) is 2.85. The van der Waals surface area contributed by atoms with Gasteiger partial charge in [0.25, 0.3) is 5.91 Å². The predicted molar refractivity (Wildman–Crippen MR) is 131 cm³/mol. The van der Waals surface area contributed by atoms with E-state index in [9.17, 15) is 9.59 Å². The maximum absolute atomic E-state index is 12.2. The lowest BCUT2D eigenvalue weighted by atomic mass is 10.1. The second-order valence-corrected chi connectivity index (χ2v) is 7.58. The molecule has 0 heterocycles. The summed E-state index contributed by atoms with van der Waals surface area (Å²) in [5, 5.41) is 3.92. The second-order valence-electron chi connectivity index (χ2n) is 7.58. The highest BCUT2D eigenvalue weighted by Crippen LogP contribution is 2.18. The van der Waals surface area contributed by atoms with Crippen LogP contribution in [-0.2, 0) is 4.79 Å². The van der Waals surface area contributed by atoms with Gasteiger partial charge in [-0.15, -0.1) is 0 Å². The lowest BCUT2D eigenvalue weighted by molar-refractivity contribution is -0.123. The summed E-state index contributed by atoms with van der Waals surface area (Å²) in [6.45, 7) is 4.58. The van der Waals surface area contributed by atoms with Crippen molar-refractivity contribution in [3.8, 4) is 17.2 Å². The van der Waals surface area contributed by atoms with E-state index in [1.165, 1.54) is 6.21 Å². The van der Waals surface area contributed by atoms with Gasteiger partial charge < -0.3 is 14.2 Å². The van der Waals surface area contributed by atoms with E-state index in [-0.39, 0.29) is 12.5 Å². The Morgan fingerprint density at radius 1 is 0.853 bits per heavy atom. The molecule has 3 rings (SSSR count). The number of unbranched alkanes of at least 4 members (excludes halogenated alkanes) is 1. The fourth-order valence-electron chi connectivity index (χ4n) is 2.80. The number of amides is 1. The van der Waals surface area contributed by atoms with Crippen LogP contribution in [0.2, 0.25) is 0 Å². The fraction of sp³-hybridized carbons (Fsp3) is 0.222. The molecule has 0 radical (unpaired) electrons. The lowest BCUT2D eigenvalue weighted by Gasteiger charge is -2.08. The van der Waals surface area contributed by atoms with Crippen molar-refractivity contribution in [1.29, 1.82) is 0 Å². The molecule has 7 heteroatoms. The summed E-state index contributed by atoms with van der Waals surface area (Å²) in [6.07, 6.45) is 3.57. The molecule has 0 spiro atoms. The van der Waals surface area contributed by atoms with Crippen LogP contribution >= 0.6 is 0 Å². The molecule has 7 nitrogen and oxygen atoms in total. The minimum atomic E-state index is -0.424. The van der Waals surface area contributed by atoms with Crippen molar-refractivity contribution < 1.29 is 23.8 Å². The van der Waals surface area contributed by atoms with Gasteiger partial charge in [-0.2, -0.15) is 5.10 Å². The van der Waals surface area contributed by atoms with E-state index in [1.54, 1.807) is 48.5 Å². The van der Waals surface area contributed by atoms with Gasteiger partial charge in [0, 0.05) is 0 Å². The number of ether oxygens (including phenoxy) is 3. The third-order valence-corrected chi connectivity index (χ3v) is 4.74. The monoisotopic (exact) mass is 460 g/mol. The number of carbonyl (C=O) groups is 2. The van der Waals surface area contributed by atoms with Gasteiger partial charge >= 0.3 is 5.97 Å². The smallest absolute Gasteiger partial charge is 0.343 e. The minimum Gasteiger partial charge on any atom is -0.494 e. The third kappa shape index (κ3) is 8.09. The van der Waals surface area contributed by atoms with Crippen LogP contribution in [0.15, 0.2) is 77.9 Å². The number of aryl methyl sites for hydroxylation is 1. The molecule has 0 aliphatic carbocycles. The molecule has 0 fully saturated rings. The Bertz CT molecular complexity index is 1090. The van der Waals surface area contributed by atoms with Gasteiger partial charge in [-0.25, -0.2) is 10.2 Å². The molecular weight excluding hydrogens is 432 g/mol. The third-order valence-electron chi connectivity index (χ3n) is 4.74. The zero-order valence-electron chi connectivity index (χ0n) is 19.3. The van der Waals surface area contributed by atoms with Gasteiger partial charge in [0.05, 0.1) is 18.4 Å². The Kier molecular flexibility index (Phi) is 9.22. The number of esters is 1. The molecule has 0 atom stereocenters. The first-order valence-electron chi connectivity index (χ1n) is 11.1. The Morgan fingerprint density at radius 3 is 2.12 bits per heavy atom. The van der Waals surface area contributed by atoms with Gasteiger partial charge in [0.2, 0.25) is 0 Å². The van der Waals surface area contributed by atoms with Crippen LogP contribution in [0.3, 0.4) is 0 Å². The molecule has 0 aliphatic rings. The molecule has 0 bridgehead atoms. The first-order valence-corrected chi connectivity index (χ1v) is 11.1.